The van der Waals surface area contributed by atoms with Crippen LogP contribution in [-0.2, 0) is 11.3 Å². The molecule has 1 aliphatic carbocycles. The fourth-order valence-electron chi connectivity index (χ4n) is 5.82. The van der Waals surface area contributed by atoms with Gasteiger partial charge in [-0.2, -0.15) is 0 Å². The summed E-state index contributed by atoms with van der Waals surface area (Å²) in [6, 6.07) is 8.87. The second kappa shape index (κ2) is 9.04. The van der Waals surface area contributed by atoms with Crippen LogP contribution in [0.4, 0.5) is 4.79 Å². The summed E-state index contributed by atoms with van der Waals surface area (Å²) >= 11 is 5.92. The van der Waals surface area contributed by atoms with Gasteiger partial charge in [-0.3, -0.25) is 4.90 Å². The Morgan fingerprint density at radius 2 is 2.07 bits per heavy atom. The lowest BCUT2D eigenvalue weighted by atomic mass is 9.79. The van der Waals surface area contributed by atoms with Gasteiger partial charge in [0.2, 0.25) is 0 Å². The molecule has 0 aromatic heterocycles. The maximum Gasteiger partial charge on any atom is 0.407 e. The molecule has 1 N–H and O–H groups in total. The van der Waals surface area contributed by atoms with Crippen LogP contribution in [0.25, 0.3) is 0 Å². The standard InChI is InChI=1S/C23H33ClN2O2/c1-2-3-6-20-17-13-19(21-7-4-5-12-26(20)21)22(14-17)28-23(27)25-15-16-8-10-18(24)11-9-16/h8-11,17,19-22H,2-7,12-15H2,1H3,(H,25,27)/t17?,19?,20-,21+,22?/m0/s1. The highest BCUT2D eigenvalue weighted by Gasteiger charge is 2.52. The largest absolute Gasteiger partial charge is 0.446 e. The zero-order valence-corrected chi connectivity index (χ0v) is 17.7. The first-order valence-electron chi connectivity index (χ1n) is 11.1. The highest BCUT2D eigenvalue weighted by Crippen LogP contribution is 2.49. The van der Waals surface area contributed by atoms with Crippen LogP contribution in [0.1, 0.15) is 63.9 Å². The molecule has 5 heteroatoms. The number of ether oxygens (including phenoxy) is 1. The lowest BCUT2D eigenvalue weighted by Gasteiger charge is -2.49. The zero-order valence-electron chi connectivity index (χ0n) is 16.9. The van der Waals surface area contributed by atoms with Crippen molar-refractivity contribution in [2.75, 3.05) is 6.54 Å². The van der Waals surface area contributed by atoms with Crippen LogP contribution in [-0.4, -0.2) is 35.7 Å². The molecular formula is C23H33ClN2O2. The van der Waals surface area contributed by atoms with Gasteiger partial charge in [-0.25, -0.2) is 4.79 Å². The number of hydrogen-bond acceptors (Lipinski definition) is 3. The van der Waals surface area contributed by atoms with E-state index in [4.69, 9.17) is 16.3 Å². The van der Waals surface area contributed by atoms with Crippen molar-refractivity contribution in [3.8, 4) is 0 Å². The first-order chi connectivity index (χ1) is 13.7. The van der Waals surface area contributed by atoms with Crippen molar-refractivity contribution in [1.29, 1.82) is 0 Å². The summed E-state index contributed by atoms with van der Waals surface area (Å²) in [5.41, 5.74) is 1.03. The van der Waals surface area contributed by atoms with E-state index in [1.165, 1.54) is 51.5 Å². The second-order valence-corrected chi connectivity index (χ2v) is 9.27. The molecule has 4 nitrogen and oxygen atoms in total. The number of nitrogens with zero attached hydrogens (tertiary/aromatic N) is 1. The van der Waals surface area contributed by atoms with E-state index in [9.17, 15) is 4.79 Å². The molecule has 0 radical (unpaired) electrons. The number of rotatable bonds is 6. The average molecular weight is 405 g/mol. The molecule has 3 aliphatic rings. The van der Waals surface area contributed by atoms with Gasteiger partial charge in [-0.15, -0.1) is 0 Å². The Labute approximate surface area is 174 Å². The van der Waals surface area contributed by atoms with Crippen molar-refractivity contribution < 1.29 is 9.53 Å². The van der Waals surface area contributed by atoms with Crippen LogP contribution >= 0.6 is 11.6 Å². The summed E-state index contributed by atoms with van der Waals surface area (Å²) in [6.45, 7) is 4.00. The van der Waals surface area contributed by atoms with Crippen molar-refractivity contribution in [3.63, 3.8) is 0 Å². The van der Waals surface area contributed by atoms with E-state index < -0.39 is 0 Å². The molecule has 0 spiro atoms. The van der Waals surface area contributed by atoms with E-state index in [2.05, 4.69) is 17.1 Å². The first kappa shape index (κ1) is 20.0. The predicted molar refractivity (Wildman–Crippen MR) is 112 cm³/mol. The molecule has 1 aromatic rings. The number of piperidine rings is 2. The normalized spacial score (nSPS) is 32.0. The summed E-state index contributed by atoms with van der Waals surface area (Å²) in [6.07, 6.45) is 9.87. The number of amides is 1. The quantitative estimate of drug-likeness (QED) is 0.691. The van der Waals surface area contributed by atoms with Crippen LogP contribution in [0.3, 0.4) is 0 Å². The van der Waals surface area contributed by atoms with Crippen LogP contribution < -0.4 is 5.32 Å². The Morgan fingerprint density at radius 1 is 1.25 bits per heavy atom. The van der Waals surface area contributed by atoms with Crippen molar-refractivity contribution in [1.82, 2.24) is 10.2 Å². The van der Waals surface area contributed by atoms with E-state index in [0.717, 1.165) is 12.0 Å². The molecule has 4 rings (SSSR count). The molecule has 2 saturated heterocycles. The topological polar surface area (TPSA) is 41.6 Å². The van der Waals surface area contributed by atoms with E-state index in [1.807, 2.05) is 24.3 Å². The van der Waals surface area contributed by atoms with E-state index in [1.54, 1.807) is 0 Å². The zero-order chi connectivity index (χ0) is 19.5. The molecule has 5 atom stereocenters. The van der Waals surface area contributed by atoms with Crippen LogP contribution in [0, 0.1) is 11.8 Å². The minimum absolute atomic E-state index is 0.0763. The van der Waals surface area contributed by atoms with Gasteiger partial charge in [0.05, 0.1) is 0 Å². The minimum atomic E-state index is -0.278. The van der Waals surface area contributed by atoms with Gasteiger partial charge in [0.15, 0.2) is 0 Å². The molecule has 1 amide bonds. The summed E-state index contributed by atoms with van der Waals surface area (Å²) in [5.74, 6) is 1.21. The van der Waals surface area contributed by atoms with E-state index in [0.29, 0.717) is 35.5 Å². The maximum absolute atomic E-state index is 12.5. The summed E-state index contributed by atoms with van der Waals surface area (Å²) in [7, 11) is 0. The Bertz CT molecular complexity index is 665. The number of halogens is 1. The molecular weight excluding hydrogens is 372 g/mol. The molecule has 2 heterocycles. The van der Waals surface area contributed by atoms with Crippen molar-refractivity contribution in [3.05, 3.63) is 34.9 Å². The number of hydrogen-bond donors (Lipinski definition) is 1. The monoisotopic (exact) mass is 404 g/mol. The number of carbonyl (C=O) groups is 1. The number of fused-ring (bicyclic) bond motifs is 4. The third kappa shape index (κ3) is 4.33. The Morgan fingerprint density at radius 3 is 2.86 bits per heavy atom. The van der Waals surface area contributed by atoms with Crippen LogP contribution in [0.5, 0.6) is 0 Å². The van der Waals surface area contributed by atoms with Crippen molar-refractivity contribution >= 4 is 17.7 Å². The Kier molecular flexibility index (Phi) is 6.47. The summed E-state index contributed by atoms with van der Waals surface area (Å²) in [5, 5.41) is 3.63. The third-order valence-corrected chi connectivity index (χ3v) is 7.36. The second-order valence-electron chi connectivity index (χ2n) is 8.83. The van der Waals surface area contributed by atoms with Gasteiger partial charge in [0.25, 0.3) is 0 Å². The predicted octanol–water partition coefficient (Wildman–Crippen LogP) is 5.39. The Balaban J connectivity index is 1.36. The summed E-state index contributed by atoms with van der Waals surface area (Å²) < 4.78 is 5.97. The van der Waals surface area contributed by atoms with Crippen LogP contribution in [0.2, 0.25) is 5.02 Å². The number of nitrogens with one attached hydrogen (secondary N) is 1. The van der Waals surface area contributed by atoms with Gasteiger partial charge < -0.3 is 10.1 Å². The molecule has 28 heavy (non-hydrogen) atoms. The lowest BCUT2D eigenvalue weighted by Crippen LogP contribution is -2.55. The highest BCUT2D eigenvalue weighted by molar-refractivity contribution is 6.30. The third-order valence-electron chi connectivity index (χ3n) is 7.11. The average Bonchev–Trinajstić information content (AvgIpc) is 3.07. The molecule has 1 aromatic carbocycles. The fourth-order valence-corrected chi connectivity index (χ4v) is 5.94. The molecule has 2 aliphatic heterocycles. The van der Waals surface area contributed by atoms with Crippen molar-refractivity contribution in [2.45, 2.75) is 83.0 Å². The van der Waals surface area contributed by atoms with Gasteiger partial charge >= 0.3 is 6.09 Å². The van der Waals surface area contributed by atoms with Gasteiger partial charge in [0.1, 0.15) is 6.10 Å². The van der Waals surface area contributed by atoms with E-state index >= 15 is 0 Å². The molecule has 2 bridgehead atoms. The SMILES string of the molecule is CCCC[C@H]1C2CC(OC(=O)NCc3ccc(Cl)cc3)C(C2)[C@H]2CCCCN21. The number of alkyl carbamates (subject to hydrolysis) is 1. The molecule has 154 valence electrons. The van der Waals surface area contributed by atoms with Gasteiger partial charge in [0, 0.05) is 29.6 Å². The number of unbranched alkanes of at least 4 members (excludes halogenated alkanes) is 1. The molecule has 1 saturated carbocycles. The first-order valence-corrected chi connectivity index (χ1v) is 11.5. The van der Waals surface area contributed by atoms with Gasteiger partial charge in [-0.05, 0) is 62.3 Å². The lowest BCUT2D eigenvalue weighted by molar-refractivity contribution is -0.0191. The molecule has 3 fully saturated rings. The smallest absolute Gasteiger partial charge is 0.407 e. The number of carbonyl (C=O) groups excluding carboxylic acids is 1. The van der Waals surface area contributed by atoms with E-state index in [-0.39, 0.29) is 12.2 Å². The summed E-state index contributed by atoms with van der Waals surface area (Å²) in [4.78, 5) is 15.3. The highest BCUT2D eigenvalue weighted by atomic mass is 35.5. The fraction of sp³-hybridized carbons (Fsp3) is 0.696. The van der Waals surface area contributed by atoms with Crippen LogP contribution in [0.15, 0.2) is 24.3 Å². The maximum atomic E-state index is 12.5. The molecule has 3 unspecified atom stereocenters. The number of benzene rings is 1. The van der Waals surface area contributed by atoms with Gasteiger partial charge in [-0.1, -0.05) is 49.9 Å². The minimum Gasteiger partial charge on any atom is -0.446 e. The Hall–Kier alpha value is -1.26. The van der Waals surface area contributed by atoms with Crippen molar-refractivity contribution in [2.24, 2.45) is 11.8 Å².